The predicted molar refractivity (Wildman–Crippen MR) is 73.3 cm³/mol. The maximum Gasteiger partial charge on any atom is 0.143 e. The summed E-state index contributed by atoms with van der Waals surface area (Å²) < 4.78 is 0. The number of fused-ring (bicyclic) bond motifs is 2. The standard InChI is InChI=1S/C15H24OS/c16-14(10-17-15-3-1-2-4-15)9-13-8-11-5-6-12(13)7-11/h11-13,15H,1-10H2. The van der Waals surface area contributed by atoms with E-state index >= 15 is 0 Å². The van der Waals surface area contributed by atoms with Gasteiger partial charge in [0, 0.05) is 11.7 Å². The molecular weight excluding hydrogens is 228 g/mol. The van der Waals surface area contributed by atoms with Gasteiger partial charge in [0.25, 0.3) is 0 Å². The van der Waals surface area contributed by atoms with Crippen molar-refractivity contribution in [2.24, 2.45) is 17.8 Å². The summed E-state index contributed by atoms with van der Waals surface area (Å²) in [6.07, 6.45) is 12.1. The van der Waals surface area contributed by atoms with Crippen LogP contribution in [-0.2, 0) is 4.79 Å². The van der Waals surface area contributed by atoms with Crippen LogP contribution < -0.4 is 0 Å². The molecule has 0 radical (unpaired) electrons. The van der Waals surface area contributed by atoms with Crippen LogP contribution >= 0.6 is 11.8 Å². The third kappa shape index (κ3) is 2.89. The number of rotatable bonds is 5. The summed E-state index contributed by atoms with van der Waals surface area (Å²) in [7, 11) is 0. The molecule has 0 N–H and O–H groups in total. The Kier molecular flexibility index (Phi) is 3.79. The summed E-state index contributed by atoms with van der Waals surface area (Å²) >= 11 is 1.95. The van der Waals surface area contributed by atoms with E-state index in [1.165, 1.54) is 51.4 Å². The topological polar surface area (TPSA) is 17.1 Å². The number of hydrogen-bond acceptors (Lipinski definition) is 2. The van der Waals surface area contributed by atoms with Crippen LogP contribution in [0.5, 0.6) is 0 Å². The third-order valence-electron chi connectivity index (χ3n) is 5.16. The van der Waals surface area contributed by atoms with Crippen molar-refractivity contribution >= 4 is 17.5 Å². The summed E-state index contributed by atoms with van der Waals surface area (Å²) in [4.78, 5) is 12.0. The Balaban J connectivity index is 1.38. The van der Waals surface area contributed by atoms with E-state index in [1.807, 2.05) is 11.8 Å². The molecule has 0 aromatic heterocycles. The summed E-state index contributed by atoms with van der Waals surface area (Å²) in [6, 6.07) is 0. The van der Waals surface area contributed by atoms with E-state index in [2.05, 4.69) is 0 Å². The van der Waals surface area contributed by atoms with Gasteiger partial charge in [-0.3, -0.25) is 4.79 Å². The van der Waals surface area contributed by atoms with Crippen LogP contribution in [0.4, 0.5) is 0 Å². The number of carbonyl (C=O) groups is 1. The summed E-state index contributed by atoms with van der Waals surface area (Å²) in [6.45, 7) is 0. The lowest BCUT2D eigenvalue weighted by atomic mass is 9.85. The Bertz CT molecular complexity index is 283. The molecule has 0 aliphatic heterocycles. The van der Waals surface area contributed by atoms with E-state index in [1.54, 1.807) is 0 Å². The highest BCUT2D eigenvalue weighted by Gasteiger charge is 2.39. The third-order valence-corrected chi connectivity index (χ3v) is 6.59. The fourth-order valence-corrected chi connectivity index (χ4v) is 5.45. The van der Waals surface area contributed by atoms with Crippen molar-refractivity contribution < 1.29 is 4.79 Å². The second-order valence-corrected chi connectivity index (χ2v) is 7.68. The molecule has 1 nitrogen and oxygen atoms in total. The lowest BCUT2D eigenvalue weighted by molar-refractivity contribution is -0.117. The first kappa shape index (κ1) is 12.1. The van der Waals surface area contributed by atoms with Crippen molar-refractivity contribution in [3.63, 3.8) is 0 Å². The minimum absolute atomic E-state index is 0.541. The molecule has 96 valence electrons. The first-order valence-electron chi connectivity index (χ1n) is 7.44. The molecule has 2 bridgehead atoms. The number of ketones is 1. The van der Waals surface area contributed by atoms with Crippen molar-refractivity contribution in [3.8, 4) is 0 Å². The SMILES string of the molecule is O=C(CSC1CCCC1)CC1CC2CCC1C2. The average molecular weight is 252 g/mol. The van der Waals surface area contributed by atoms with Crippen molar-refractivity contribution in [1.82, 2.24) is 0 Å². The predicted octanol–water partition coefficient (Wildman–Crippen LogP) is 4.06. The Labute approximate surface area is 109 Å². The van der Waals surface area contributed by atoms with E-state index in [0.717, 1.165) is 35.2 Å². The van der Waals surface area contributed by atoms with Gasteiger partial charge in [-0.1, -0.05) is 19.3 Å². The molecule has 17 heavy (non-hydrogen) atoms. The van der Waals surface area contributed by atoms with Crippen LogP contribution in [0.15, 0.2) is 0 Å². The van der Waals surface area contributed by atoms with Gasteiger partial charge in [0.05, 0.1) is 5.75 Å². The van der Waals surface area contributed by atoms with Crippen molar-refractivity contribution in [1.29, 1.82) is 0 Å². The molecule has 3 aliphatic carbocycles. The van der Waals surface area contributed by atoms with E-state index in [9.17, 15) is 4.79 Å². The van der Waals surface area contributed by atoms with Crippen LogP contribution in [0, 0.1) is 17.8 Å². The maximum absolute atomic E-state index is 12.0. The fraction of sp³-hybridized carbons (Fsp3) is 0.933. The molecule has 3 fully saturated rings. The van der Waals surface area contributed by atoms with Crippen LogP contribution in [-0.4, -0.2) is 16.8 Å². The maximum atomic E-state index is 12.0. The molecule has 0 amide bonds. The summed E-state index contributed by atoms with van der Waals surface area (Å²) in [5.41, 5.74) is 0. The Morgan fingerprint density at radius 1 is 1.06 bits per heavy atom. The molecule has 0 aromatic rings. The minimum Gasteiger partial charge on any atom is -0.299 e. The van der Waals surface area contributed by atoms with E-state index < -0.39 is 0 Å². The van der Waals surface area contributed by atoms with Gasteiger partial charge in [0.2, 0.25) is 0 Å². The Morgan fingerprint density at radius 3 is 2.53 bits per heavy atom. The van der Waals surface area contributed by atoms with Gasteiger partial charge in [-0.2, -0.15) is 11.8 Å². The second kappa shape index (κ2) is 5.34. The van der Waals surface area contributed by atoms with Gasteiger partial charge >= 0.3 is 0 Å². The van der Waals surface area contributed by atoms with Crippen molar-refractivity contribution in [2.75, 3.05) is 5.75 Å². The molecule has 3 unspecified atom stereocenters. The Hall–Kier alpha value is 0.0200. The molecule has 0 aromatic carbocycles. The molecule has 3 aliphatic rings. The molecule has 3 rings (SSSR count). The molecule has 0 spiro atoms. The normalized spacial score (nSPS) is 36.8. The van der Waals surface area contributed by atoms with Crippen LogP contribution in [0.3, 0.4) is 0 Å². The zero-order valence-corrected chi connectivity index (χ0v) is 11.5. The van der Waals surface area contributed by atoms with Crippen molar-refractivity contribution in [2.45, 2.75) is 63.0 Å². The Morgan fingerprint density at radius 2 is 1.88 bits per heavy atom. The first-order chi connectivity index (χ1) is 8.31. The largest absolute Gasteiger partial charge is 0.299 e. The first-order valence-corrected chi connectivity index (χ1v) is 8.49. The molecule has 3 atom stereocenters. The monoisotopic (exact) mass is 252 g/mol. The number of thioether (sulfide) groups is 1. The highest BCUT2D eigenvalue weighted by Crippen LogP contribution is 2.49. The highest BCUT2D eigenvalue weighted by atomic mass is 32.2. The number of Topliss-reactive ketones (excluding diaryl/α,β-unsaturated/α-hetero) is 1. The van der Waals surface area contributed by atoms with Gasteiger partial charge in [-0.15, -0.1) is 0 Å². The molecule has 3 saturated carbocycles. The lowest BCUT2D eigenvalue weighted by Crippen LogP contribution is -2.17. The summed E-state index contributed by atoms with van der Waals surface area (Å²) in [5, 5.41) is 0.805. The van der Waals surface area contributed by atoms with Crippen LogP contribution in [0.25, 0.3) is 0 Å². The second-order valence-electron chi connectivity index (χ2n) is 6.40. The van der Waals surface area contributed by atoms with Gasteiger partial charge in [-0.05, 0) is 49.9 Å². The highest BCUT2D eigenvalue weighted by molar-refractivity contribution is 8.00. The molecule has 0 heterocycles. The van der Waals surface area contributed by atoms with Crippen molar-refractivity contribution in [3.05, 3.63) is 0 Å². The zero-order valence-electron chi connectivity index (χ0n) is 10.7. The summed E-state index contributed by atoms with van der Waals surface area (Å²) in [5.74, 6) is 4.02. The lowest BCUT2D eigenvalue weighted by Gasteiger charge is -2.20. The number of carbonyl (C=O) groups excluding carboxylic acids is 1. The molecular formula is C15H24OS. The van der Waals surface area contributed by atoms with Crippen LogP contribution in [0.2, 0.25) is 0 Å². The van der Waals surface area contributed by atoms with Gasteiger partial charge in [0.1, 0.15) is 5.78 Å². The fourth-order valence-electron chi connectivity index (χ4n) is 4.24. The average Bonchev–Trinajstić information content (AvgIpc) is 3.03. The quantitative estimate of drug-likeness (QED) is 0.734. The van der Waals surface area contributed by atoms with E-state index in [4.69, 9.17) is 0 Å². The minimum atomic E-state index is 0.541. The molecule has 2 heteroatoms. The zero-order chi connectivity index (χ0) is 11.7. The van der Waals surface area contributed by atoms with Gasteiger partial charge < -0.3 is 0 Å². The van der Waals surface area contributed by atoms with Gasteiger partial charge in [0.15, 0.2) is 0 Å². The van der Waals surface area contributed by atoms with E-state index in [0.29, 0.717) is 5.78 Å². The smallest absolute Gasteiger partial charge is 0.143 e. The van der Waals surface area contributed by atoms with Gasteiger partial charge in [-0.25, -0.2) is 0 Å². The van der Waals surface area contributed by atoms with E-state index in [-0.39, 0.29) is 0 Å². The van der Waals surface area contributed by atoms with Crippen LogP contribution in [0.1, 0.15) is 57.8 Å². The number of hydrogen-bond donors (Lipinski definition) is 0. The molecule has 0 saturated heterocycles.